The number of benzene rings is 1. The van der Waals surface area contributed by atoms with Crippen molar-refractivity contribution in [2.45, 2.75) is 51.7 Å². The van der Waals surface area contributed by atoms with Crippen molar-refractivity contribution < 1.29 is 19.1 Å². The lowest BCUT2D eigenvalue weighted by Gasteiger charge is -2.41. The molecule has 1 aliphatic heterocycles. The zero-order valence-electron chi connectivity index (χ0n) is 15.0. The van der Waals surface area contributed by atoms with Gasteiger partial charge in [-0.1, -0.05) is 19.1 Å². The van der Waals surface area contributed by atoms with Gasteiger partial charge in [-0.2, -0.15) is 0 Å². The van der Waals surface area contributed by atoms with Crippen LogP contribution in [0.2, 0.25) is 0 Å². The van der Waals surface area contributed by atoms with Gasteiger partial charge in [0, 0.05) is 19.4 Å². The van der Waals surface area contributed by atoms with Crippen molar-refractivity contribution in [1.82, 2.24) is 4.90 Å². The number of rotatable bonds is 7. The number of carbonyl (C=O) groups is 2. The Morgan fingerprint density at radius 1 is 1.33 bits per heavy atom. The molecule has 0 aliphatic carbocycles. The first kappa shape index (κ1) is 18.5. The van der Waals surface area contributed by atoms with E-state index in [4.69, 9.17) is 9.47 Å². The Bertz CT molecular complexity index is 580. The smallest absolute Gasteiger partial charge is 0.324 e. The van der Waals surface area contributed by atoms with Gasteiger partial charge < -0.3 is 9.47 Å². The minimum atomic E-state index is -0.490. The first-order valence-corrected chi connectivity index (χ1v) is 8.46. The fraction of sp³-hybridized carbons (Fsp3) is 0.579. The Balaban J connectivity index is 1.89. The Hall–Kier alpha value is -1.88. The monoisotopic (exact) mass is 333 g/mol. The van der Waals surface area contributed by atoms with Crippen LogP contribution in [0.15, 0.2) is 24.3 Å². The molecule has 0 N–H and O–H groups in total. The number of hydrogen-bond acceptors (Lipinski definition) is 5. The van der Waals surface area contributed by atoms with Crippen LogP contribution in [0.3, 0.4) is 0 Å². The molecule has 1 unspecified atom stereocenters. The first-order valence-electron chi connectivity index (χ1n) is 8.46. The van der Waals surface area contributed by atoms with Crippen molar-refractivity contribution in [3.05, 3.63) is 29.8 Å². The number of carbonyl (C=O) groups excluding carboxylic acids is 2. The summed E-state index contributed by atoms with van der Waals surface area (Å²) in [5, 5.41) is 0. The summed E-state index contributed by atoms with van der Waals surface area (Å²) in [7, 11) is 1.63. The molecule has 0 spiro atoms. The highest BCUT2D eigenvalue weighted by atomic mass is 16.6. The molecule has 0 radical (unpaired) electrons. The molecule has 2 rings (SSSR count). The highest BCUT2D eigenvalue weighted by Gasteiger charge is 2.40. The predicted octanol–water partition coefficient (Wildman–Crippen LogP) is 2.61. The van der Waals surface area contributed by atoms with Crippen LogP contribution in [0.5, 0.6) is 5.75 Å². The van der Waals surface area contributed by atoms with Gasteiger partial charge in [0.05, 0.1) is 7.11 Å². The molecule has 0 amide bonds. The molecular weight excluding hydrogens is 306 g/mol. The number of nitrogens with zero attached hydrogens (tertiary/aromatic N) is 1. The lowest BCUT2D eigenvalue weighted by atomic mass is 9.98. The normalized spacial score (nSPS) is 20.5. The third-order valence-electron chi connectivity index (χ3n) is 4.35. The van der Waals surface area contributed by atoms with E-state index in [9.17, 15) is 9.59 Å². The maximum absolute atomic E-state index is 12.3. The second-order valence-corrected chi connectivity index (χ2v) is 6.85. The summed E-state index contributed by atoms with van der Waals surface area (Å²) in [5.74, 6) is 0.605. The summed E-state index contributed by atoms with van der Waals surface area (Å²) in [6, 6.07) is 7.24. The summed E-state index contributed by atoms with van der Waals surface area (Å²) in [4.78, 5) is 26.6. The van der Waals surface area contributed by atoms with Crippen molar-refractivity contribution in [3.8, 4) is 5.75 Å². The average molecular weight is 333 g/mol. The van der Waals surface area contributed by atoms with Crippen molar-refractivity contribution in [1.29, 1.82) is 0 Å². The van der Waals surface area contributed by atoms with Crippen molar-refractivity contribution in [2.24, 2.45) is 0 Å². The van der Waals surface area contributed by atoms with Gasteiger partial charge >= 0.3 is 5.97 Å². The average Bonchev–Trinajstić information content (AvgIpc) is 2.55. The molecule has 0 saturated carbocycles. The maximum Gasteiger partial charge on any atom is 0.324 e. The van der Waals surface area contributed by atoms with E-state index in [0.717, 1.165) is 17.9 Å². The van der Waals surface area contributed by atoms with Crippen LogP contribution >= 0.6 is 0 Å². The largest absolute Gasteiger partial charge is 0.497 e. The first-order chi connectivity index (χ1) is 11.3. The second kappa shape index (κ2) is 7.79. The molecule has 5 heteroatoms. The van der Waals surface area contributed by atoms with Crippen LogP contribution in [-0.4, -0.2) is 48.5 Å². The molecule has 1 atom stereocenters. The number of cyclic esters (lactones) is 1. The van der Waals surface area contributed by atoms with Crippen LogP contribution in [0, 0.1) is 0 Å². The van der Waals surface area contributed by atoms with E-state index in [2.05, 4.69) is 0 Å². The molecule has 1 saturated heterocycles. The van der Waals surface area contributed by atoms with E-state index in [-0.39, 0.29) is 18.2 Å². The van der Waals surface area contributed by atoms with Crippen LogP contribution in [-0.2, 0) is 20.7 Å². The molecule has 24 heavy (non-hydrogen) atoms. The molecule has 0 aromatic heterocycles. The number of hydrogen-bond donors (Lipinski definition) is 0. The third kappa shape index (κ3) is 4.81. The molecule has 0 bridgehead atoms. The number of Topliss-reactive ketones (excluding diaryl/α,β-unsaturated/α-hetero) is 1. The van der Waals surface area contributed by atoms with E-state index in [1.807, 2.05) is 49.9 Å². The van der Waals surface area contributed by atoms with Gasteiger partial charge in [0.25, 0.3) is 0 Å². The lowest BCUT2D eigenvalue weighted by Crippen LogP contribution is -2.57. The number of aryl methyl sites for hydroxylation is 1. The van der Waals surface area contributed by atoms with Gasteiger partial charge in [-0.05, 0) is 44.5 Å². The van der Waals surface area contributed by atoms with Gasteiger partial charge in [0.1, 0.15) is 23.2 Å². The van der Waals surface area contributed by atoms with E-state index in [1.165, 1.54) is 0 Å². The molecule has 132 valence electrons. The molecule has 1 fully saturated rings. The number of methoxy groups -OCH3 is 1. The Labute approximate surface area is 143 Å². The van der Waals surface area contributed by atoms with Gasteiger partial charge in [-0.25, -0.2) is 0 Å². The minimum Gasteiger partial charge on any atom is -0.497 e. The Kier molecular flexibility index (Phi) is 5.99. The zero-order valence-corrected chi connectivity index (χ0v) is 15.0. The standard InChI is InChI=1S/C19H27NO4/c1-5-20-13-19(2,3)24-18(22)17(20)12-15(21)9-6-14-7-10-16(23-4)11-8-14/h7-8,10-11,17H,5-6,9,12-13H2,1-4H3. The highest BCUT2D eigenvalue weighted by Crippen LogP contribution is 2.24. The predicted molar refractivity (Wildman–Crippen MR) is 92.1 cm³/mol. The van der Waals surface area contributed by atoms with Gasteiger partial charge in [-0.15, -0.1) is 0 Å². The molecule has 1 heterocycles. The fourth-order valence-electron chi connectivity index (χ4n) is 3.06. The SMILES string of the molecule is CCN1CC(C)(C)OC(=O)C1CC(=O)CCc1ccc(OC)cc1. The van der Waals surface area contributed by atoms with Crippen molar-refractivity contribution >= 4 is 11.8 Å². The maximum atomic E-state index is 12.3. The van der Waals surface area contributed by atoms with Crippen molar-refractivity contribution in [3.63, 3.8) is 0 Å². The number of esters is 1. The number of ketones is 1. The number of morpholine rings is 1. The molecule has 1 aromatic carbocycles. The molecule has 1 aliphatic rings. The quantitative estimate of drug-likeness (QED) is 0.718. The van der Waals surface area contributed by atoms with E-state index in [0.29, 0.717) is 19.4 Å². The van der Waals surface area contributed by atoms with E-state index in [1.54, 1.807) is 7.11 Å². The summed E-state index contributed by atoms with van der Waals surface area (Å²) in [6.45, 7) is 7.19. The van der Waals surface area contributed by atoms with Crippen molar-refractivity contribution in [2.75, 3.05) is 20.2 Å². The van der Waals surface area contributed by atoms with Gasteiger partial charge in [-0.3, -0.25) is 14.5 Å². The number of likely N-dealkylation sites (N-methyl/N-ethyl adjacent to an activating group) is 1. The summed E-state index contributed by atoms with van der Waals surface area (Å²) >= 11 is 0. The Morgan fingerprint density at radius 3 is 2.58 bits per heavy atom. The Morgan fingerprint density at radius 2 is 2.00 bits per heavy atom. The molecular formula is C19H27NO4. The van der Waals surface area contributed by atoms with E-state index < -0.39 is 11.6 Å². The van der Waals surface area contributed by atoms with Crippen LogP contribution in [0.4, 0.5) is 0 Å². The minimum absolute atomic E-state index is 0.0888. The lowest BCUT2D eigenvalue weighted by molar-refractivity contribution is -0.178. The van der Waals surface area contributed by atoms with Crippen LogP contribution in [0.1, 0.15) is 39.2 Å². The summed E-state index contributed by atoms with van der Waals surface area (Å²) in [6.07, 6.45) is 1.32. The summed E-state index contributed by atoms with van der Waals surface area (Å²) in [5.41, 5.74) is 0.597. The third-order valence-corrected chi connectivity index (χ3v) is 4.35. The molecule has 1 aromatic rings. The topological polar surface area (TPSA) is 55.8 Å². The van der Waals surface area contributed by atoms with Crippen LogP contribution < -0.4 is 4.74 Å². The zero-order chi connectivity index (χ0) is 17.7. The van der Waals surface area contributed by atoms with E-state index >= 15 is 0 Å². The highest BCUT2D eigenvalue weighted by molar-refractivity contribution is 5.87. The van der Waals surface area contributed by atoms with Crippen LogP contribution in [0.25, 0.3) is 0 Å². The summed E-state index contributed by atoms with van der Waals surface area (Å²) < 4.78 is 10.6. The molecule has 5 nitrogen and oxygen atoms in total. The number of ether oxygens (including phenoxy) is 2. The van der Waals surface area contributed by atoms with Gasteiger partial charge in [0.15, 0.2) is 0 Å². The fourth-order valence-corrected chi connectivity index (χ4v) is 3.06. The second-order valence-electron chi connectivity index (χ2n) is 6.85. The van der Waals surface area contributed by atoms with Gasteiger partial charge in [0.2, 0.25) is 0 Å².